The number of methoxy groups -OCH3 is 1. The van der Waals surface area contributed by atoms with Gasteiger partial charge in [-0.3, -0.25) is 9.78 Å². The van der Waals surface area contributed by atoms with Gasteiger partial charge in [0.2, 0.25) is 0 Å². The van der Waals surface area contributed by atoms with E-state index in [1.54, 1.807) is 7.11 Å². The van der Waals surface area contributed by atoms with Gasteiger partial charge in [-0.25, -0.2) is 0 Å². The Morgan fingerprint density at radius 1 is 1.16 bits per heavy atom. The molecular weight excluding hydrogens is 316 g/mol. The minimum absolute atomic E-state index is 0.110. The third-order valence-electron chi connectivity index (χ3n) is 4.07. The summed E-state index contributed by atoms with van der Waals surface area (Å²) < 4.78 is 5.21. The molecule has 0 aliphatic rings. The van der Waals surface area contributed by atoms with E-state index in [-0.39, 0.29) is 12.5 Å². The van der Waals surface area contributed by atoms with E-state index in [1.165, 1.54) is 0 Å². The van der Waals surface area contributed by atoms with Crippen molar-refractivity contribution in [2.75, 3.05) is 19.0 Å². The van der Waals surface area contributed by atoms with Crippen molar-refractivity contribution in [3.05, 3.63) is 65.4 Å². The lowest BCUT2D eigenvalue weighted by Gasteiger charge is -2.10. The number of aromatic nitrogens is 1. The van der Waals surface area contributed by atoms with E-state index >= 15 is 0 Å². The lowest BCUT2D eigenvalue weighted by atomic mass is 10.1. The highest BCUT2D eigenvalue weighted by Gasteiger charge is 2.12. The number of aliphatic hydroxyl groups is 1. The van der Waals surface area contributed by atoms with Gasteiger partial charge in [0, 0.05) is 23.7 Å². The first-order valence-electron chi connectivity index (χ1n) is 8.07. The molecule has 0 spiro atoms. The number of amides is 1. The van der Waals surface area contributed by atoms with Crippen molar-refractivity contribution in [1.82, 2.24) is 4.98 Å². The molecule has 0 saturated heterocycles. The third kappa shape index (κ3) is 3.78. The third-order valence-corrected chi connectivity index (χ3v) is 4.07. The van der Waals surface area contributed by atoms with Crippen molar-refractivity contribution < 1.29 is 14.6 Å². The first-order valence-corrected chi connectivity index (χ1v) is 8.07. The van der Waals surface area contributed by atoms with Gasteiger partial charge in [-0.2, -0.15) is 0 Å². The van der Waals surface area contributed by atoms with E-state index in [0.29, 0.717) is 23.4 Å². The summed E-state index contributed by atoms with van der Waals surface area (Å²) >= 11 is 0. The van der Waals surface area contributed by atoms with Gasteiger partial charge in [-0.05, 0) is 49.2 Å². The Morgan fingerprint density at radius 2 is 1.92 bits per heavy atom. The topological polar surface area (TPSA) is 71.5 Å². The molecule has 1 aromatic heterocycles. The Hall–Kier alpha value is -2.92. The van der Waals surface area contributed by atoms with E-state index in [9.17, 15) is 4.79 Å². The number of carbonyl (C=O) groups is 1. The Balaban J connectivity index is 1.84. The number of aryl methyl sites for hydroxylation is 1. The van der Waals surface area contributed by atoms with Crippen molar-refractivity contribution in [2.45, 2.75) is 13.3 Å². The Bertz CT molecular complexity index is 905. The van der Waals surface area contributed by atoms with E-state index < -0.39 is 0 Å². The molecule has 25 heavy (non-hydrogen) atoms. The first-order chi connectivity index (χ1) is 12.1. The van der Waals surface area contributed by atoms with Crippen molar-refractivity contribution in [1.29, 1.82) is 0 Å². The summed E-state index contributed by atoms with van der Waals surface area (Å²) in [4.78, 5) is 17.1. The number of anilines is 1. The van der Waals surface area contributed by atoms with E-state index in [0.717, 1.165) is 22.2 Å². The number of rotatable bonds is 5. The molecule has 5 heteroatoms. The van der Waals surface area contributed by atoms with Crippen LogP contribution < -0.4 is 10.1 Å². The van der Waals surface area contributed by atoms with E-state index in [4.69, 9.17) is 9.84 Å². The summed E-state index contributed by atoms with van der Waals surface area (Å²) in [6.07, 6.45) is 0.603. The van der Waals surface area contributed by atoms with Crippen molar-refractivity contribution >= 4 is 22.5 Å². The van der Waals surface area contributed by atoms with Crippen LogP contribution in [0.5, 0.6) is 5.75 Å². The lowest BCUT2D eigenvalue weighted by Crippen LogP contribution is -2.14. The highest BCUT2D eigenvalue weighted by Crippen LogP contribution is 2.22. The maximum absolute atomic E-state index is 12.6. The van der Waals surface area contributed by atoms with Crippen LogP contribution in [0.1, 0.15) is 21.6 Å². The van der Waals surface area contributed by atoms with Gasteiger partial charge >= 0.3 is 0 Å². The molecule has 1 amide bonds. The van der Waals surface area contributed by atoms with Gasteiger partial charge in [0.1, 0.15) is 5.75 Å². The van der Waals surface area contributed by atoms with Crippen LogP contribution in [0.25, 0.3) is 10.9 Å². The quantitative estimate of drug-likeness (QED) is 0.749. The summed E-state index contributed by atoms with van der Waals surface area (Å²) in [5.74, 6) is 0.539. The smallest absolute Gasteiger partial charge is 0.257 e. The zero-order valence-electron chi connectivity index (χ0n) is 14.2. The van der Waals surface area contributed by atoms with Gasteiger partial charge in [0.25, 0.3) is 5.91 Å². The number of nitrogens with one attached hydrogen (secondary N) is 1. The second kappa shape index (κ2) is 7.32. The number of benzene rings is 2. The molecule has 0 saturated carbocycles. The number of nitrogens with zero attached hydrogens (tertiary/aromatic N) is 1. The van der Waals surface area contributed by atoms with E-state index in [2.05, 4.69) is 10.3 Å². The van der Waals surface area contributed by atoms with Crippen LogP contribution >= 0.6 is 0 Å². The van der Waals surface area contributed by atoms with Crippen molar-refractivity contribution in [2.24, 2.45) is 0 Å². The molecule has 2 aromatic carbocycles. The minimum Gasteiger partial charge on any atom is -0.497 e. The molecule has 1 heterocycles. The lowest BCUT2D eigenvalue weighted by molar-refractivity contribution is 0.102. The van der Waals surface area contributed by atoms with Gasteiger partial charge in [-0.1, -0.05) is 12.1 Å². The monoisotopic (exact) mass is 336 g/mol. The molecule has 3 aromatic rings. The highest BCUT2D eigenvalue weighted by molar-refractivity contribution is 6.06. The Kier molecular flexibility index (Phi) is 4.95. The maximum Gasteiger partial charge on any atom is 0.257 e. The normalized spacial score (nSPS) is 10.7. The van der Waals surface area contributed by atoms with Crippen LogP contribution in [-0.2, 0) is 6.42 Å². The first kappa shape index (κ1) is 16.9. The van der Waals surface area contributed by atoms with Gasteiger partial charge in [0.05, 0.1) is 23.9 Å². The summed E-state index contributed by atoms with van der Waals surface area (Å²) in [5, 5.41) is 12.7. The number of hydrogen-bond acceptors (Lipinski definition) is 4. The number of hydrogen-bond donors (Lipinski definition) is 2. The fourth-order valence-electron chi connectivity index (χ4n) is 2.68. The molecule has 0 fully saturated rings. The second-order valence-electron chi connectivity index (χ2n) is 5.80. The molecule has 0 atom stereocenters. The summed E-state index contributed by atoms with van der Waals surface area (Å²) in [7, 11) is 1.61. The van der Waals surface area contributed by atoms with Gasteiger partial charge in [-0.15, -0.1) is 0 Å². The summed E-state index contributed by atoms with van der Waals surface area (Å²) in [6.45, 7) is 1.93. The molecule has 3 rings (SSSR count). The summed E-state index contributed by atoms with van der Waals surface area (Å²) in [6, 6.07) is 14.9. The zero-order chi connectivity index (χ0) is 17.8. The largest absolute Gasteiger partial charge is 0.497 e. The SMILES string of the molecule is COc1ccc2cc(C(=O)Nc3ccc(CCO)cc3)c(C)nc2c1. The number of carbonyl (C=O) groups excluding carboxylic acids is 1. The van der Waals surface area contributed by atoms with Crippen LogP contribution in [0.2, 0.25) is 0 Å². The highest BCUT2D eigenvalue weighted by atomic mass is 16.5. The number of fused-ring (bicyclic) bond motifs is 1. The number of ether oxygens (including phenoxy) is 1. The predicted octanol–water partition coefficient (Wildman–Crippen LogP) is 3.34. The van der Waals surface area contributed by atoms with Crippen LogP contribution in [0, 0.1) is 6.92 Å². The summed E-state index contributed by atoms with van der Waals surface area (Å²) in [5.41, 5.74) is 3.73. The average Bonchev–Trinajstić information content (AvgIpc) is 2.62. The Labute approximate surface area is 146 Å². The maximum atomic E-state index is 12.6. The fraction of sp³-hybridized carbons (Fsp3) is 0.200. The Morgan fingerprint density at radius 3 is 2.60 bits per heavy atom. The molecule has 0 unspecified atom stereocenters. The van der Waals surface area contributed by atoms with Crippen LogP contribution in [0.15, 0.2) is 48.5 Å². The van der Waals surface area contributed by atoms with Crippen molar-refractivity contribution in [3.63, 3.8) is 0 Å². The number of pyridine rings is 1. The van der Waals surface area contributed by atoms with Gasteiger partial charge < -0.3 is 15.2 Å². The van der Waals surface area contributed by atoms with Crippen LogP contribution in [0.4, 0.5) is 5.69 Å². The predicted molar refractivity (Wildman–Crippen MR) is 98.2 cm³/mol. The van der Waals surface area contributed by atoms with Crippen LogP contribution in [0.3, 0.4) is 0 Å². The minimum atomic E-state index is -0.197. The number of aliphatic hydroxyl groups excluding tert-OH is 1. The standard InChI is InChI=1S/C20H20N2O3/c1-13-18(11-15-5-8-17(25-2)12-19(15)21-13)20(24)22-16-6-3-14(4-7-16)9-10-23/h3-8,11-12,23H,9-10H2,1-2H3,(H,22,24). The average molecular weight is 336 g/mol. The zero-order valence-corrected chi connectivity index (χ0v) is 14.2. The molecule has 2 N–H and O–H groups in total. The second-order valence-corrected chi connectivity index (χ2v) is 5.80. The van der Waals surface area contributed by atoms with Crippen molar-refractivity contribution in [3.8, 4) is 5.75 Å². The fourth-order valence-corrected chi connectivity index (χ4v) is 2.68. The molecular formula is C20H20N2O3. The molecule has 128 valence electrons. The molecule has 0 radical (unpaired) electrons. The molecule has 5 nitrogen and oxygen atoms in total. The van der Waals surface area contributed by atoms with Crippen LogP contribution in [-0.4, -0.2) is 29.7 Å². The molecule has 0 aliphatic carbocycles. The molecule has 0 bridgehead atoms. The molecule has 0 aliphatic heterocycles. The van der Waals surface area contributed by atoms with Gasteiger partial charge in [0.15, 0.2) is 0 Å². The van der Waals surface area contributed by atoms with E-state index in [1.807, 2.05) is 55.5 Å².